The standard InChI is InChI=1S/C30H28ClNO6/c1-30(2,3)20-11-9-18(10-12-20)25-24(26(33)22-15-21(38-4)13-14-23(22)31)27(34)28(35)32(25)16-17-5-7-19(8-6-17)29(36)37/h5-15,25,33H,16H2,1-4H3,(H,36,37)/b26-24+. The summed E-state index contributed by atoms with van der Waals surface area (Å²) < 4.78 is 5.26. The molecule has 1 unspecified atom stereocenters. The predicted molar refractivity (Wildman–Crippen MR) is 144 cm³/mol. The number of benzene rings is 3. The quantitative estimate of drug-likeness (QED) is 0.230. The lowest BCUT2D eigenvalue weighted by Gasteiger charge is -2.27. The molecule has 4 rings (SSSR count). The summed E-state index contributed by atoms with van der Waals surface area (Å²) in [5.74, 6) is -2.66. The Balaban J connectivity index is 1.86. The average molecular weight is 534 g/mol. The molecule has 1 aliphatic heterocycles. The van der Waals surface area contributed by atoms with Crippen molar-refractivity contribution >= 4 is 35.0 Å². The van der Waals surface area contributed by atoms with Gasteiger partial charge in [0, 0.05) is 12.1 Å². The van der Waals surface area contributed by atoms with Gasteiger partial charge in [0.05, 0.1) is 29.3 Å². The Bertz CT molecular complexity index is 1440. The number of methoxy groups -OCH3 is 1. The van der Waals surface area contributed by atoms with Crippen LogP contribution >= 0.6 is 11.6 Å². The number of ether oxygens (including phenoxy) is 1. The van der Waals surface area contributed by atoms with Crippen LogP contribution in [0.25, 0.3) is 5.76 Å². The Morgan fingerprint density at radius 2 is 1.61 bits per heavy atom. The van der Waals surface area contributed by atoms with Crippen LogP contribution in [-0.4, -0.2) is 39.9 Å². The number of likely N-dealkylation sites (tertiary alicyclic amines) is 1. The van der Waals surface area contributed by atoms with Gasteiger partial charge in [-0.3, -0.25) is 9.59 Å². The zero-order valence-corrected chi connectivity index (χ0v) is 22.2. The molecule has 8 heteroatoms. The molecule has 2 N–H and O–H groups in total. The highest BCUT2D eigenvalue weighted by atomic mass is 35.5. The van der Waals surface area contributed by atoms with Gasteiger partial charge in [0.15, 0.2) is 0 Å². The molecule has 0 aliphatic carbocycles. The van der Waals surface area contributed by atoms with E-state index in [2.05, 4.69) is 20.8 Å². The molecule has 1 heterocycles. The van der Waals surface area contributed by atoms with Gasteiger partial charge in [0.2, 0.25) is 0 Å². The van der Waals surface area contributed by atoms with Crippen LogP contribution in [0.15, 0.2) is 72.3 Å². The zero-order chi connectivity index (χ0) is 27.8. The lowest BCUT2D eigenvalue weighted by atomic mass is 9.85. The van der Waals surface area contributed by atoms with E-state index in [4.69, 9.17) is 16.3 Å². The van der Waals surface area contributed by atoms with Gasteiger partial charge in [-0.05, 0) is 52.4 Å². The first-order valence-electron chi connectivity index (χ1n) is 12.0. The van der Waals surface area contributed by atoms with Crippen LogP contribution in [-0.2, 0) is 21.5 Å². The van der Waals surface area contributed by atoms with Crippen molar-refractivity contribution < 1.29 is 29.3 Å². The summed E-state index contributed by atoms with van der Waals surface area (Å²) in [6.07, 6.45) is 0. The molecule has 38 heavy (non-hydrogen) atoms. The third-order valence-corrected chi connectivity index (χ3v) is 6.94. The largest absolute Gasteiger partial charge is 0.507 e. The highest BCUT2D eigenvalue weighted by Crippen LogP contribution is 2.42. The SMILES string of the molecule is COc1ccc(Cl)c(/C(O)=C2\C(=O)C(=O)N(Cc3ccc(C(=O)O)cc3)C2c2ccc(C(C)(C)C)cc2)c1. The summed E-state index contributed by atoms with van der Waals surface area (Å²) in [6, 6.07) is 17.4. The van der Waals surface area contributed by atoms with E-state index in [0.717, 1.165) is 5.56 Å². The maximum Gasteiger partial charge on any atom is 0.335 e. The Kier molecular flexibility index (Phi) is 7.33. The van der Waals surface area contributed by atoms with Crippen LogP contribution in [0.4, 0.5) is 0 Å². The monoisotopic (exact) mass is 533 g/mol. The first-order valence-corrected chi connectivity index (χ1v) is 12.3. The molecule has 1 aliphatic rings. The normalized spacial score (nSPS) is 17.1. The summed E-state index contributed by atoms with van der Waals surface area (Å²) in [5.41, 5.74) is 2.42. The molecule has 196 valence electrons. The molecule has 0 bridgehead atoms. The van der Waals surface area contributed by atoms with Gasteiger partial charge in [-0.15, -0.1) is 0 Å². The van der Waals surface area contributed by atoms with E-state index in [1.165, 1.54) is 30.2 Å². The summed E-state index contributed by atoms with van der Waals surface area (Å²) in [7, 11) is 1.47. The van der Waals surface area contributed by atoms with Crippen molar-refractivity contribution in [3.63, 3.8) is 0 Å². The highest BCUT2D eigenvalue weighted by Gasteiger charge is 2.46. The van der Waals surface area contributed by atoms with Crippen molar-refractivity contribution in [3.05, 3.63) is 105 Å². The van der Waals surface area contributed by atoms with E-state index in [0.29, 0.717) is 16.9 Å². The van der Waals surface area contributed by atoms with E-state index in [1.54, 1.807) is 24.3 Å². The van der Waals surface area contributed by atoms with Crippen LogP contribution < -0.4 is 4.74 Å². The van der Waals surface area contributed by atoms with Crippen LogP contribution in [0, 0.1) is 0 Å². The van der Waals surface area contributed by atoms with E-state index in [9.17, 15) is 24.6 Å². The minimum absolute atomic E-state index is 0.0266. The van der Waals surface area contributed by atoms with Crippen molar-refractivity contribution in [1.82, 2.24) is 4.90 Å². The summed E-state index contributed by atoms with van der Waals surface area (Å²) in [5, 5.41) is 20.8. The van der Waals surface area contributed by atoms with Crippen LogP contribution in [0.1, 0.15) is 59.4 Å². The van der Waals surface area contributed by atoms with E-state index in [1.807, 2.05) is 24.3 Å². The van der Waals surface area contributed by atoms with E-state index < -0.39 is 29.5 Å². The van der Waals surface area contributed by atoms with Crippen molar-refractivity contribution in [2.75, 3.05) is 7.11 Å². The van der Waals surface area contributed by atoms with Crippen LogP contribution in [0.2, 0.25) is 5.02 Å². The molecule has 3 aromatic rings. The Morgan fingerprint density at radius 1 is 0.974 bits per heavy atom. The van der Waals surface area contributed by atoms with Crippen molar-refractivity contribution in [1.29, 1.82) is 0 Å². The number of carboxylic acid groups (broad SMARTS) is 1. The molecule has 3 aromatic carbocycles. The molecule has 0 spiro atoms. The number of ketones is 1. The van der Waals surface area contributed by atoms with Gasteiger partial charge in [0.25, 0.3) is 11.7 Å². The Morgan fingerprint density at radius 3 is 2.16 bits per heavy atom. The molecule has 1 fully saturated rings. The number of carbonyl (C=O) groups excluding carboxylic acids is 2. The number of Topliss-reactive ketones (excluding diaryl/α,β-unsaturated/α-hetero) is 1. The number of rotatable bonds is 6. The van der Waals surface area contributed by atoms with Crippen molar-refractivity contribution in [2.24, 2.45) is 0 Å². The molecular formula is C30H28ClNO6. The molecule has 7 nitrogen and oxygen atoms in total. The van der Waals surface area contributed by atoms with Gasteiger partial charge in [0.1, 0.15) is 11.5 Å². The number of aliphatic hydroxyl groups is 1. The minimum atomic E-state index is -1.06. The van der Waals surface area contributed by atoms with E-state index >= 15 is 0 Å². The molecule has 1 saturated heterocycles. The lowest BCUT2D eigenvalue weighted by Crippen LogP contribution is -2.29. The summed E-state index contributed by atoms with van der Waals surface area (Å²) in [4.78, 5) is 39.3. The Labute approximate surface area is 225 Å². The van der Waals surface area contributed by atoms with Crippen LogP contribution in [0.5, 0.6) is 5.75 Å². The fraction of sp³-hybridized carbons (Fsp3) is 0.233. The maximum atomic E-state index is 13.4. The minimum Gasteiger partial charge on any atom is -0.507 e. The van der Waals surface area contributed by atoms with Crippen molar-refractivity contribution in [2.45, 2.75) is 38.8 Å². The molecule has 0 aromatic heterocycles. The second kappa shape index (κ2) is 10.3. The molecular weight excluding hydrogens is 506 g/mol. The van der Waals surface area contributed by atoms with E-state index in [-0.39, 0.29) is 33.7 Å². The second-order valence-corrected chi connectivity index (χ2v) is 10.6. The number of halogens is 1. The predicted octanol–water partition coefficient (Wildman–Crippen LogP) is 5.97. The average Bonchev–Trinajstić information content (AvgIpc) is 3.13. The number of amides is 1. The summed E-state index contributed by atoms with van der Waals surface area (Å²) in [6.45, 7) is 6.28. The maximum absolute atomic E-state index is 13.4. The molecule has 1 amide bonds. The number of carbonyl (C=O) groups is 3. The fourth-order valence-electron chi connectivity index (χ4n) is 4.46. The van der Waals surface area contributed by atoms with Gasteiger partial charge in [-0.25, -0.2) is 4.79 Å². The van der Waals surface area contributed by atoms with Gasteiger partial charge in [-0.1, -0.05) is 68.8 Å². The molecule has 0 saturated carbocycles. The lowest BCUT2D eigenvalue weighted by molar-refractivity contribution is -0.140. The van der Waals surface area contributed by atoms with Gasteiger partial charge >= 0.3 is 5.97 Å². The topological polar surface area (TPSA) is 104 Å². The van der Waals surface area contributed by atoms with Gasteiger partial charge < -0.3 is 19.8 Å². The zero-order valence-electron chi connectivity index (χ0n) is 21.5. The number of aliphatic hydroxyl groups excluding tert-OH is 1. The second-order valence-electron chi connectivity index (χ2n) is 10.1. The third-order valence-electron chi connectivity index (χ3n) is 6.61. The smallest absolute Gasteiger partial charge is 0.335 e. The number of hydrogen-bond donors (Lipinski definition) is 2. The van der Waals surface area contributed by atoms with Crippen LogP contribution in [0.3, 0.4) is 0 Å². The summed E-state index contributed by atoms with van der Waals surface area (Å²) >= 11 is 6.37. The number of carboxylic acids is 1. The van der Waals surface area contributed by atoms with Gasteiger partial charge in [-0.2, -0.15) is 0 Å². The highest BCUT2D eigenvalue weighted by molar-refractivity contribution is 6.47. The number of hydrogen-bond acceptors (Lipinski definition) is 5. The number of nitrogens with zero attached hydrogens (tertiary/aromatic N) is 1. The third kappa shape index (κ3) is 5.15. The van der Waals surface area contributed by atoms with Crippen molar-refractivity contribution in [3.8, 4) is 5.75 Å². The number of aromatic carboxylic acids is 1. The molecule has 1 atom stereocenters. The Hall–Kier alpha value is -4.10. The first kappa shape index (κ1) is 26.9. The fourth-order valence-corrected chi connectivity index (χ4v) is 4.67. The first-order chi connectivity index (χ1) is 17.9. The molecule has 0 radical (unpaired) electrons.